The molecule has 0 unspecified atom stereocenters. The van der Waals surface area contributed by atoms with E-state index in [1.165, 1.54) is 17.9 Å². The summed E-state index contributed by atoms with van der Waals surface area (Å²) in [6, 6.07) is 1.94. The van der Waals surface area contributed by atoms with E-state index in [-0.39, 0.29) is 12.1 Å². The van der Waals surface area contributed by atoms with Gasteiger partial charge in [-0.2, -0.15) is 11.8 Å². The van der Waals surface area contributed by atoms with Crippen LogP contribution in [0.1, 0.15) is 19.3 Å². The average Bonchev–Trinajstić information content (AvgIpc) is 3.08. The van der Waals surface area contributed by atoms with Crippen molar-refractivity contribution in [2.45, 2.75) is 25.3 Å². The molecule has 2 saturated heterocycles. The van der Waals surface area contributed by atoms with Gasteiger partial charge in [-0.1, -0.05) is 0 Å². The maximum Gasteiger partial charge on any atom is 0.315 e. The number of piperidine rings is 1. The fourth-order valence-electron chi connectivity index (χ4n) is 2.95. The van der Waals surface area contributed by atoms with E-state index in [9.17, 15) is 4.79 Å². The van der Waals surface area contributed by atoms with Gasteiger partial charge in [-0.15, -0.1) is 0 Å². The molecule has 0 spiro atoms. The molecule has 2 atom stereocenters. The van der Waals surface area contributed by atoms with E-state index in [2.05, 4.69) is 25.5 Å². The smallest absolute Gasteiger partial charge is 0.315 e. The standard InChI is InChI=1S/C15H23N5OS/c21-15(18-9-12-4-8-22-11-12)19-13-3-1-7-20(10-13)14-16-5-2-6-17-14/h2,5-6,12-13H,1,3-4,7-11H2,(H2,18,19,21)/t12-,13+/m0/s1. The molecule has 0 aromatic carbocycles. The second-order valence-corrected chi connectivity index (χ2v) is 7.07. The van der Waals surface area contributed by atoms with Crippen LogP contribution in [0.25, 0.3) is 0 Å². The monoisotopic (exact) mass is 321 g/mol. The number of carbonyl (C=O) groups is 1. The molecule has 6 nitrogen and oxygen atoms in total. The van der Waals surface area contributed by atoms with Crippen LogP contribution < -0.4 is 15.5 Å². The minimum absolute atomic E-state index is 0.0438. The lowest BCUT2D eigenvalue weighted by Gasteiger charge is -2.33. The number of anilines is 1. The summed E-state index contributed by atoms with van der Waals surface area (Å²) in [5.41, 5.74) is 0. The Balaban J connectivity index is 1.44. The van der Waals surface area contributed by atoms with Crippen LogP contribution in [0.4, 0.5) is 10.7 Å². The van der Waals surface area contributed by atoms with Crippen LogP contribution in [-0.2, 0) is 0 Å². The summed E-state index contributed by atoms with van der Waals surface area (Å²) in [6.07, 6.45) is 6.78. The third kappa shape index (κ3) is 4.25. The van der Waals surface area contributed by atoms with Crippen molar-refractivity contribution in [3.05, 3.63) is 18.5 Å². The topological polar surface area (TPSA) is 70.2 Å². The predicted octanol–water partition coefficient (Wildman–Crippen LogP) is 1.50. The van der Waals surface area contributed by atoms with Gasteiger partial charge in [0, 0.05) is 38.1 Å². The number of amides is 2. The van der Waals surface area contributed by atoms with Gasteiger partial charge in [0.2, 0.25) is 5.95 Å². The molecule has 1 aromatic heterocycles. The fraction of sp³-hybridized carbons (Fsp3) is 0.667. The zero-order chi connectivity index (χ0) is 15.2. The van der Waals surface area contributed by atoms with E-state index >= 15 is 0 Å². The van der Waals surface area contributed by atoms with E-state index in [1.807, 2.05) is 17.8 Å². The SMILES string of the molecule is O=C(NC[C@@H]1CCSC1)N[C@@H]1CCCN(c2ncccn2)C1. The highest BCUT2D eigenvalue weighted by Gasteiger charge is 2.23. The van der Waals surface area contributed by atoms with Gasteiger partial charge in [0.15, 0.2) is 0 Å². The maximum absolute atomic E-state index is 12.0. The van der Waals surface area contributed by atoms with Crippen molar-refractivity contribution in [1.82, 2.24) is 20.6 Å². The molecule has 2 fully saturated rings. The zero-order valence-electron chi connectivity index (χ0n) is 12.7. The molecule has 22 heavy (non-hydrogen) atoms. The lowest BCUT2D eigenvalue weighted by molar-refractivity contribution is 0.233. The van der Waals surface area contributed by atoms with Gasteiger partial charge in [0.05, 0.1) is 0 Å². The molecular weight excluding hydrogens is 298 g/mol. The molecule has 7 heteroatoms. The summed E-state index contributed by atoms with van der Waals surface area (Å²) >= 11 is 1.98. The van der Waals surface area contributed by atoms with E-state index in [0.717, 1.165) is 38.4 Å². The first-order valence-electron chi connectivity index (χ1n) is 7.95. The van der Waals surface area contributed by atoms with Crippen molar-refractivity contribution in [2.24, 2.45) is 5.92 Å². The molecule has 2 N–H and O–H groups in total. The Morgan fingerprint density at radius 2 is 2.23 bits per heavy atom. The molecule has 3 heterocycles. The Labute approximate surface area is 135 Å². The zero-order valence-corrected chi connectivity index (χ0v) is 13.5. The summed E-state index contributed by atoms with van der Waals surface area (Å²) in [4.78, 5) is 22.8. The largest absolute Gasteiger partial charge is 0.339 e. The second-order valence-electron chi connectivity index (χ2n) is 5.92. The number of hydrogen-bond acceptors (Lipinski definition) is 5. The number of nitrogens with zero attached hydrogens (tertiary/aromatic N) is 3. The van der Waals surface area contributed by atoms with Crippen LogP contribution in [0.2, 0.25) is 0 Å². The van der Waals surface area contributed by atoms with E-state index in [1.54, 1.807) is 12.4 Å². The van der Waals surface area contributed by atoms with Crippen molar-refractivity contribution < 1.29 is 4.79 Å². The van der Waals surface area contributed by atoms with E-state index < -0.39 is 0 Å². The number of aromatic nitrogens is 2. The quantitative estimate of drug-likeness (QED) is 0.879. The Bertz CT molecular complexity index is 480. The number of hydrogen-bond donors (Lipinski definition) is 2. The lowest BCUT2D eigenvalue weighted by Crippen LogP contribution is -2.51. The lowest BCUT2D eigenvalue weighted by atomic mass is 10.1. The minimum Gasteiger partial charge on any atom is -0.339 e. The van der Waals surface area contributed by atoms with Gasteiger partial charge in [-0.25, -0.2) is 14.8 Å². The van der Waals surface area contributed by atoms with Gasteiger partial charge in [0.1, 0.15) is 0 Å². The molecule has 1 aromatic rings. The molecule has 0 bridgehead atoms. The predicted molar refractivity (Wildman–Crippen MR) is 89.2 cm³/mol. The van der Waals surface area contributed by atoms with Crippen LogP contribution in [0.3, 0.4) is 0 Å². The van der Waals surface area contributed by atoms with E-state index in [0.29, 0.717) is 5.92 Å². The van der Waals surface area contributed by atoms with E-state index in [4.69, 9.17) is 0 Å². The molecule has 0 saturated carbocycles. The molecule has 3 rings (SSSR count). The minimum atomic E-state index is -0.0438. The van der Waals surface area contributed by atoms with Crippen LogP contribution in [0.15, 0.2) is 18.5 Å². The molecule has 2 aliphatic rings. The highest BCUT2D eigenvalue weighted by molar-refractivity contribution is 7.99. The Morgan fingerprint density at radius 1 is 1.36 bits per heavy atom. The molecule has 0 radical (unpaired) electrons. The van der Waals surface area contributed by atoms with Crippen molar-refractivity contribution in [3.63, 3.8) is 0 Å². The number of urea groups is 1. The van der Waals surface area contributed by atoms with Crippen LogP contribution in [-0.4, -0.2) is 53.2 Å². The number of thioether (sulfide) groups is 1. The molecular formula is C15H23N5OS. The highest BCUT2D eigenvalue weighted by atomic mass is 32.2. The maximum atomic E-state index is 12.0. The molecule has 0 aliphatic carbocycles. The fourth-order valence-corrected chi connectivity index (χ4v) is 4.23. The normalized spacial score (nSPS) is 25.0. The third-order valence-electron chi connectivity index (χ3n) is 4.17. The number of carbonyl (C=O) groups excluding carboxylic acids is 1. The summed E-state index contributed by atoms with van der Waals surface area (Å²) in [5.74, 6) is 3.78. The first kappa shape index (κ1) is 15.4. The summed E-state index contributed by atoms with van der Waals surface area (Å²) < 4.78 is 0. The van der Waals surface area contributed by atoms with Crippen molar-refractivity contribution in [1.29, 1.82) is 0 Å². The van der Waals surface area contributed by atoms with Crippen molar-refractivity contribution >= 4 is 23.7 Å². The molecule has 2 aliphatic heterocycles. The summed E-state index contributed by atoms with van der Waals surface area (Å²) in [6.45, 7) is 2.51. The molecule has 2 amide bonds. The number of rotatable bonds is 4. The summed E-state index contributed by atoms with van der Waals surface area (Å²) in [7, 11) is 0. The highest BCUT2D eigenvalue weighted by Crippen LogP contribution is 2.22. The van der Waals surface area contributed by atoms with Gasteiger partial charge in [0.25, 0.3) is 0 Å². The number of nitrogens with one attached hydrogen (secondary N) is 2. The molecule has 120 valence electrons. The Morgan fingerprint density at radius 3 is 3.00 bits per heavy atom. The van der Waals surface area contributed by atoms with Crippen LogP contribution >= 0.6 is 11.8 Å². The van der Waals surface area contributed by atoms with Gasteiger partial charge in [-0.3, -0.25) is 0 Å². The average molecular weight is 321 g/mol. The van der Waals surface area contributed by atoms with Gasteiger partial charge in [-0.05, 0) is 42.8 Å². The summed E-state index contributed by atoms with van der Waals surface area (Å²) in [5, 5.41) is 6.10. The second kappa shape index (κ2) is 7.67. The van der Waals surface area contributed by atoms with Crippen LogP contribution in [0.5, 0.6) is 0 Å². The third-order valence-corrected chi connectivity index (χ3v) is 5.40. The van der Waals surface area contributed by atoms with Crippen LogP contribution in [0, 0.1) is 5.92 Å². The Hall–Kier alpha value is -1.50. The van der Waals surface area contributed by atoms with Crippen molar-refractivity contribution in [2.75, 3.05) is 36.0 Å². The first-order valence-corrected chi connectivity index (χ1v) is 9.11. The van der Waals surface area contributed by atoms with Gasteiger partial charge < -0.3 is 15.5 Å². The Kier molecular flexibility index (Phi) is 5.37. The first-order chi connectivity index (χ1) is 10.8. The van der Waals surface area contributed by atoms with Crippen molar-refractivity contribution in [3.8, 4) is 0 Å². The van der Waals surface area contributed by atoms with Gasteiger partial charge >= 0.3 is 6.03 Å².